The number of hydrogen-bond acceptors (Lipinski definition) is 4. The normalized spacial score (nSPS) is 10.7. The number of carbonyl (C=O) groups is 1. The van der Waals surface area contributed by atoms with Gasteiger partial charge in [0, 0.05) is 29.4 Å². The van der Waals surface area contributed by atoms with Gasteiger partial charge in [-0.3, -0.25) is 9.78 Å². The molecule has 0 fully saturated rings. The molecule has 1 aromatic carbocycles. The van der Waals surface area contributed by atoms with E-state index in [0.717, 1.165) is 34.1 Å². The van der Waals surface area contributed by atoms with Crippen molar-refractivity contribution in [3.63, 3.8) is 0 Å². The first-order valence-corrected chi connectivity index (χ1v) is 8.81. The predicted molar refractivity (Wildman–Crippen MR) is 102 cm³/mol. The Labute approximate surface area is 153 Å². The van der Waals surface area contributed by atoms with Crippen molar-refractivity contribution in [1.29, 1.82) is 0 Å². The molecule has 3 aromatic rings. The summed E-state index contributed by atoms with van der Waals surface area (Å²) in [5.74, 6) is 0.442. The van der Waals surface area contributed by atoms with Crippen molar-refractivity contribution in [2.75, 3.05) is 6.61 Å². The van der Waals surface area contributed by atoms with Crippen molar-refractivity contribution in [2.24, 2.45) is 0 Å². The van der Waals surface area contributed by atoms with E-state index in [1.807, 2.05) is 57.2 Å². The van der Waals surface area contributed by atoms with Crippen molar-refractivity contribution in [3.05, 3.63) is 65.0 Å². The van der Waals surface area contributed by atoms with Gasteiger partial charge in [0.05, 0.1) is 17.7 Å². The van der Waals surface area contributed by atoms with Gasteiger partial charge in [0.1, 0.15) is 0 Å². The number of carbonyl (C=O) groups excluding carboxylic acids is 1. The third-order valence-electron chi connectivity index (χ3n) is 4.07. The molecule has 2 aromatic heterocycles. The summed E-state index contributed by atoms with van der Waals surface area (Å²) in [7, 11) is 0. The molecular weight excluding hydrogens is 326 g/mol. The molecule has 0 atom stereocenters. The van der Waals surface area contributed by atoms with Crippen molar-refractivity contribution in [2.45, 2.75) is 33.7 Å². The third kappa shape index (κ3) is 3.99. The first kappa shape index (κ1) is 17.9. The molecule has 3 rings (SSSR count). The standard InChI is InChI=1S/C21H23N3O2/c1-4-10-26-21-16(6-5-9-22-21)13-23-20(25)18-12-15(3)24-19-8-7-14(2)11-17(18)19/h5-9,11-12H,4,10,13H2,1-3H3,(H,23,25). The Balaban J connectivity index is 1.83. The van der Waals surface area contributed by atoms with Gasteiger partial charge in [-0.25, -0.2) is 4.98 Å². The van der Waals surface area contributed by atoms with E-state index in [2.05, 4.69) is 15.3 Å². The topological polar surface area (TPSA) is 64.1 Å². The number of rotatable bonds is 6. The number of aryl methyl sites for hydroxylation is 2. The Bertz CT molecular complexity index is 938. The Morgan fingerprint density at radius 3 is 2.85 bits per heavy atom. The number of fused-ring (bicyclic) bond motifs is 1. The molecular formula is C21H23N3O2. The van der Waals surface area contributed by atoms with E-state index < -0.39 is 0 Å². The fourth-order valence-electron chi connectivity index (χ4n) is 2.82. The van der Waals surface area contributed by atoms with Crippen LogP contribution in [-0.4, -0.2) is 22.5 Å². The van der Waals surface area contributed by atoms with Crippen molar-refractivity contribution >= 4 is 16.8 Å². The number of pyridine rings is 2. The molecule has 26 heavy (non-hydrogen) atoms. The maximum absolute atomic E-state index is 12.8. The SMILES string of the molecule is CCCOc1ncccc1CNC(=O)c1cc(C)nc2ccc(C)cc12. The highest BCUT2D eigenvalue weighted by molar-refractivity contribution is 6.06. The minimum atomic E-state index is -0.128. The second-order valence-electron chi connectivity index (χ2n) is 6.33. The van der Waals surface area contributed by atoms with E-state index in [0.29, 0.717) is 24.6 Å². The molecule has 0 saturated heterocycles. The Kier molecular flexibility index (Phi) is 5.46. The highest BCUT2D eigenvalue weighted by Gasteiger charge is 2.13. The predicted octanol–water partition coefficient (Wildman–Crippen LogP) is 3.97. The zero-order chi connectivity index (χ0) is 18.5. The average molecular weight is 349 g/mol. The molecule has 0 bridgehead atoms. The minimum absolute atomic E-state index is 0.128. The molecule has 0 saturated carbocycles. The molecule has 134 valence electrons. The molecule has 5 heteroatoms. The highest BCUT2D eigenvalue weighted by atomic mass is 16.5. The van der Waals surface area contributed by atoms with Crippen molar-refractivity contribution in [3.8, 4) is 5.88 Å². The molecule has 1 amide bonds. The van der Waals surface area contributed by atoms with Crippen LogP contribution in [0.1, 0.15) is 40.5 Å². The lowest BCUT2D eigenvalue weighted by atomic mass is 10.0. The molecule has 5 nitrogen and oxygen atoms in total. The van der Waals surface area contributed by atoms with Gasteiger partial charge in [-0.15, -0.1) is 0 Å². The molecule has 0 unspecified atom stereocenters. The van der Waals surface area contributed by atoms with E-state index in [1.54, 1.807) is 6.20 Å². The molecule has 0 aliphatic heterocycles. The molecule has 0 aliphatic carbocycles. The maximum atomic E-state index is 12.8. The van der Waals surface area contributed by atoms with Crippen LogP contribution in [-0.2, 0) is 6.54 Å². The Hall–Kier alpha value is -2.95. The lowest BCUT2D eigenvalue weighted by Crippen LogP contribution is -2.24. The van der Waals surface area contributed by atoms with Crippen LogP contribution in [0.3, 0.4) is 0 Å². The van der Waals surface area contributed by atoms with Crippen LogP contribution >= 0.6 is 0 Å². The lowest BCUT2D eigenvalue weighted by molar-refractivity contribution is 0.0952. The van der Waals surface area contributed by atoms with E-state index in [1.165, 1.54) is 0 Å². The molecule has 1 N–H and O–H groups in total. The maximum Gasteiger partial charge on any atom is 0.252 e. The van der Waals surface area contributed by atoms with Gasteiger partial charge in [-0.1, -0.05) is 24.6 Å². The molecule has 0 radical (unpaired) electrons. The van der Waals surface area contributed by atoms with E-state index in [4.69, 9.17) is 4.74 Å². The highest BCUT2D eigenvalue weighted by Crippen LogP contribution is 2.21. The summed E-state index contributed by atoms with van der Waals surface area (Å²) in [6, 6.07) is 11.5. The lowest BCUT2D eigenvalue weighted by Gasteiger charge is -2.12. The number of nitrogens with zero attached hydrogens (tertiary/aromatic N) is 2. The van der Waals surface area contributed by atoms with Gasteiger partial charge in [0.2, 0.25) is 5.88 Å². The zero-order valence-corrected chi connectivity index (χ0v) is 15.4. The van der Waals surface area contributed by atoms with Crippen LogP contribution in [0.2, 0.25) is 0 Å². The third-order valence-corrected chi connectivity index (χ3v) is 4.07. The van der Waals surface area contributed by atoms with E-state index in [9.17, 15) is 4.79 Å². The van der Waals surface area contributed by atoms with Crippen LogP contribution in [0.25, 0.3) is 10.9 Å². The molecule has 0 aliphatic rings. The number of aromatic nitrogens is 2. The van der Waals surface area contributed by atoms with Crippen LogP contribution < -0.4 is 10.1 Å². The van der Waals surface area contributed by atoms with Gasteiger partial charge < -0.3 is 10.1 Å². The summed E-state index contributed by atoms with van der Waals surface area (Å²) in [6.07, 6.45) is 2.60. The zero-order valence-electron chi connectivity index (χ0n) is 15.4. The van der Waals surface area contributed by atoms with Crippen LogP contribution in [0.5, 0.6) is 5.88 Å². The Morgan fingerprint density at radius 1 is 1.19 bits per heavy atom. The summed E-state index contributed by atoms with van der Waals surface area (Å²) in [4.78, 5) is 21.6. The number of amides is 1. The largest absolute Gasteiger partial charge is 0.477 e. The second kappa shape index (κ2) is 7.95. The van der Waals surface area contributed by atoms with Crippen LogP contribution in [0.15, 0.2) is 42.6 Å². The summed E-state index contributed by atoms with van der Waals surface area (Å²) in [5, 5.41) is 3.85. The number of ether oxygens (including phenoxy) is 1. The van der Waals surface area contributed by atoms with E-state index in [-0.39, 0.29) is 5.91 Å². The number of hydrogen-bond donors (Lipinski definition) is 1. The average Bonchev–Trinajstić information content (AvgIpc) is 2.64. The minimum Gasteiger partial charge on any atom is -0.477 e. The monoisotopic (exact) mass is 349 g/mol. The quantitative estimate of drug-likeness (QED) is 0.731. The number of nitrogens with one attached hydrogen (secondary N) is 1. The van der Waals surface area contributed by atoms with Gasteiger partial charge >= 0.3 is 0 Å². The van der Waals surface area contributed by atoms with Crippen LogP contribution in [0.4, 0.5) is 0 Å². The second-order valence-corrected chi connectivity index (χ2v) is 6.33. The smallest absolute Gasteiger partial charge is 0.252 e. The van der Waals surface area contributed by atoms with Gasteiger partial charge in [0.15, 0.2) is 0 Å². The molecule has 2 heterocycles. The fourth-order valence-corrected chi connectivity index (χ4v) is 2.82. The van der Waals surface area contributed by atoms with Gasteiger partial charge in [0.25, 0.3) is 5.91 Å². The van der Waals surface area contributed by atoms with Crippen LogP contribution in [0, 0.1) is 13.8 Å². The first-order chi connectivity index (χ1) is 12.6. The van der Waals surface area contributed by atoms with Gasteiger partial charge in [-0.2, -0.15) is 0 Å². The summed E-state index contributed by atoms with van der Waals surface area (Å²) >= 11 is 0. The summed E-state index contributed by atoms with van der Waals surface area (Å²) < 4.78 is 5.66. The summed E-state index contributed by atoms with van der Waals surface area (Å²) in [6.45, 7) is 6.91. The van der Waals surface area contributed by atoms with Gasteiger partial charge in [-0.05, 0) is 44.5 Å². The first-order valence-electron chi connectivity index (χ1n) is 8.81. The van der Waals surface area contributed by atoms with Crippen molar-refractivity contribution in [1.82, 2.24) is 15.3 Å². The number of benzene rings is 1. The summed E-state index contributed by atoms with van der Waals surface area (Å²) in [5.41, 5.74) is 4.24. The Morgan fingerprint density at radius 2 is 2.04 bits per heavy atom. The molecule has 0 spiro atoms. The van der Waals surface area contributed by atoms with E-state index >= 15 is 0 Å². The fraction of sp³-hybridized carbons (Fsp3) is 0.286. The van der Waals surface area contributed by atoms with Crippen molar-refractivity contribution < 1.29 is 9.53 Å².